The molecule has 2 rings (SSSR count). The van der Waals surface area contributed by atoms with Crippen molar-refractivity contribution in [3.63, 3.8) is 0 Å². The molecule has 2 unspecified atom stereocenters. The molecule has 0 bridgehead atoms. The lowest BCUT2D eigenvalue weighted by Crippen LogP contribution is -2.44. The molecule has 4 heteroatoms. The van der Waals surface area contributed by atoms with Crippen molar-refractivity contribution in [1.29, 1.82) is 0 Å². The molecule has 19 heavy (non-hydrogen) atoms. The maximum Gasteiger partial charge on any atom is 0.256 e. The van der Waals surface area contributed by atoms with E-state index in [-0.39, 0.29) is 5.91 Å². The molecule has 0 radical (unpaired) electrons. The standard InChI is InChI=1S/C15H22N2OS/c1-4-16-14-8-6-5-7-13(14)15(18)17-9-11(2)19-12(3)10-17/h5-8,11-12,16H,4,9-10H2,1-3H3. The van der Waals surface area contributed by atoms with Gasteiger partial charge >= 0.3 is 0 Å². The van der Waals surface area contributed by atoms with Gasteiger partial charge < -0.3 is 10.2 Å². The Hall–Kier alpha value is -1.16. The van der Waals surface area contributed by atoms with Gasteiger partial charge in [0.25, 0.3) is 5.91 Å². The number of nitrogens with zero attached hydrogens (tertiary/aromatic N) is 1. The minimum atomic E-state index is 0.149. The molecule has 1 aromatic rings. The van der Waals surface area contributed by atoms with Crippen LogP contribution in [-0.2, 0) is 0 Å². The molecule has 0 spiro atoms. The number of benzene rings is 1. The molecule has 3 nitrogen and oxygen atoms in total. The van der Waals surface area contributed by atoms with Gasteiger partial charge in [0.15, 0.2) is 0 Å². The van der Waals surface area contributed by atoms with Gasteiger partial charge in [-0.05, 0) is 19.1 Å². The van der Waals surface area contributed by atoms with Crippen LogP contribution in [0.25, 0.3) is 0 Å². The second-order valence-electron chi connectivity index (χ2n) is 5.04. The molecule has 1 saturated heterocycles. The highest BCUT2D eigenvalue weighted by Crippen LogP contribution is 2.27. The smallest absolute Gasteiger partial charge is 0.256 e. The average molecular weight is 278 g/mol. The summed E-state index contributed by atoms with van der Waals surface area (Å²) >= 11 is 1.96. The lowest BCUT2D eigenvalue weighted by molar-refractivity contribution is 0.0754. The number of nitrogens with one attached hydrogen (secondary N) is 1. The van der Waals surface area contributed by atoms with Gasteiger partial charge in [0.2, 0.25) is 0 Å². The van der Waals surface area contributed by atoms with Crippen molar-refractivity contribution in [3.05, 3.63) is 29.8 Å². The lowest BCUT2D eigenvalue weighted by Gasteiger charge is -2.35. The number of amides is 1. The molecule has 1 N–H and O–H groups in total. The van der Waals surface area contributed by atoms with Gasteiger partial charge in [0.1, 0.15) is 0 Å². The van der Waals surface area contributed by atoms with E-state index in [1.165, 1.54) is 0 Å². The molecule has 0 aliphatic carbocycles. The first-order chi connectivity index (χ1) is 9.11. The summed E-state index contributed by atoms with van der Waals surface area (Å²) in [5.41, 5.74) is 1.73. The van der Waals surface area contributed by atoms with Crippen LogP contribution in [0.4, 0.5) is 5.69 Å². The number of carbonyl (C=O) groups is 1. The first kappa shape index (κ1) is 14.3. The Morgan fingerprint density at radius 3 is 2.58 bits per heavy atom. The summed E-state index contributed by atoms with van der Waals surface area (Å²) in [6.07, 6.45) is 0. The Morgan fingerprint density at radius 2 is 1.95 bits per heavy atom. The van der Waals surface area contributed by atoms with Crippen LogP contribution in [0, 0.1) is 0 Å². The molecule has 104 valence electrons. The van der Waals surface area contributed by atoms with Gasteiger partial charge in [0.05, 0.1) is 5.56 Å². The summed E-state index contributed by atoms with van der Waals surface area (Å²) in [6.45, 7) is 8.94. The minimum absolute atomic E-state index is 0.149. The van der Waals surface area contributed by atoms with Crippen LogP contribution in [0.3, 0.4) is 0 Å². The third-order valence-electron chi connectivity index (χ3n) is 3.23. The lowest BCUT2D eigenvalue weighted by atomic mass is 10.1. The maximum absolute atomic E-state index is 12.7. The summed E-state index contributed by atoms with van der Waals surface area (Å²) in [4.78, 5) is 14.7. The summed E-state index contributed by atoms with van der Waals surface area (Å²) in [5.74, 6) is 0.149. The first-order valence-corrected chi connectivity index (χ1v) is 7.83. The highest BCUT2D eigenvalue weighted by Gasteiger charge is 2.27. The van der Waals surface area contributed by atoms with E-state index >= 15 is 0 Å². The quantitative estimate of drug-likeness (QED) is 0.922. The fourth-order valence-electron chi connectivity index (χ4n) is 2.53. The molecule has 0 saturated carbocycles. The molecule has 1 amide bonds. The van der Waals surface area contributed by atoms with E-state index in [2.05, 4.69) is 19.2 Å². The van der Waals surface area contributed by atoms with Crippen LogP contribution in [0.5, 0.6) is 0 Å². The predicted molar refractivity (Wildman–Crippen MR) is 83.0 cm³/mol. The van der Waals surface area contributed by atoms with E-state index < -0.39 is 0 Å². The van der Waals surface area contributed by atoms with E-state index in [0.717, 1.165) is 30.9 Å². The van der Waals surface area contributed by atoms with Crippen LogP contribution in [0.1, 0.15) is 31.1 Å². The van der Waals surface area contributed by atoms with E-state index in [9.17, 15) is 4.79 Å². The Kier molecular flexibility index (Phi) is 4.75. The average Bonchev–Trinajstić information content (AvgIpc) is 2.38. The number of rotatable bonds is 3. The molecule has 1 heterocycles. The number of hydrogen-bond donors (Lipinski definition) is 1. The van der Waals surface area contributed by atoms with Crippen molar-refractivity contribution in [1.82, 2.24) is 4.90 Å². The molecule has 2 atom stereocenters. The summed E-state index contributed by atoms with van der Waals surface area (Å²) < 4.78 is 0. The third-order valence-corrected chi connectivity index (χ3v) is 4.46. The molecule has 1 aliphatic heterocycles. The highest BCUT2D eigenvalue weighted by atomic mass is 32.2. The number of hydrogen-bond acceptors (Lipinski definition) is 3. The van der Waals surface area contributed by atoms with Crippen molar-refractivity contribution in [2.75, 3.05) is 25.0 Å². The number of para-hydroxylation sites is 1. The summed E-state index contributed by atoms with van der Waals surface area (Å²) in [6, 6.07) is 7.78. The number of carbonyl (C=O) groups excluding carboxylic acids is 1. The van der Waals surface area contributed by atoms with Crippen molar-refractivity contribution >= 4 is 23.4 Å². The SMILES string of the molecule is CCNc1ccccc1C(=O)N1CC(C)SC(C)C1. The van der Waals surface area contributed by atoms with Gasteiger partial charge in [-0.3, -0.25) is 4.79 Å². The monoisotopic (exact) mass is 278 g/mol. The van der Waals surface area contributed by atoms with Crippen molar-refractivity contribution in [3.8, 4) is 0 Å². The Balaban J connectivity index is 2.19. The molecule has 0 aromatic heterocycles. The second kappa shape index (κ2) is 6.33. The zero-order valence-corrected chi connectivity index (χ0v) is 12.7. The Labute approximate surface area is 119 Å². The summed E-state index contributed by atoms with van der Waals surface area (Å²) in [7, 11) is 0. The van der Waals surface area contributed by atoms with Gasteiger partial charge in [-0.25, -0.2) is 0 Å². The Morgan fingerprint density at radius 1 is 1.32 bits per heavy atom. The van der Waals surface area contributed by atoms with Crippen molar-refractivity contribution < 1.29 is 4.79 Å². The van der Waals surface area contributed by atoms with Gasteiger partial charge in [-0.15, -0.1) is 0 Å². The first-order valence-electron chi connectivity index (χ1n) is 6.89. The molecule has 1 fully saturated rings. The molecule has 1 aromatic carbocycles. The molecule has 1 aliphatic rings. The van der Waals surface area contributed by atoms with Crippen molar-refractivity contribution in [2.45, 2.75) is 31.3 Å². The second-order valence-corrected chi connectivity index (χ2v) is 6.93. The normalized spacial score (nSPS) is 23.2. The van der Waals surface area contributed by atoms with E-state index in [4.69, 9.17) is 0 Å². The topological polar surface area (TPSA) is 32.3 Å². The predicted octanol–water partition coefficient (Wildman–Crippen LogP) is 3.08. The van der Waals surface area contributed by atoms with Crippen LogP contribution >= 0.6 is 11.8 Å². The maximum atomic E-state index is 12.7. The fraction of sp³-hybridized carbons (Fsp3) is 0.533. The minimum Gasteiger partial charge on any atom is -0.385 e. The van der Waals surface area contributed by atoms with Crippen LogP contribution in [-0.4, -0.2) is 40.9 Å². The van der Waals surface area contributed by atoms with Crippen LogP contribution in [0.2, 0.25) is 0 Å². The van der Waals surface area contributed by atoms with Crippen LogP contribution in [0.15, 0.2) is 24.3 Å². The molecular weight excluding hydrogens is 256 g/mol. The van der Waals surface area contributed by atoms with Gasteiger partial charge in [-0.1, -0.05) is 26.0 Å². The van der Waals surface area contributed by atoms with Gasteiger partial charge in [0, 0.05) is 35.8 Å². The number of anilines is 1. The third kappa shape index (κ3) is 3.44. The van der Waals surface area contributed by atoms with Crippen LogP contribution < -0.4 is 5.32 Å². The zero-order chi connectivity index (χ0) is 13.8. The largest absolute Gasteiger partial charge is 0.385 e. The summed E-state index contributed by atoms with van der Waals surface area (Å²) in [5, 5.41) is 4.29. The zero-order valence-electron chi connectivity index (χ0n) is 11.8. The Bertz CT molecular complexity index is 440. The van der Waals surface area contributed by atoms with Gasteiger partial charge in [-0.2, -0.15) is 11.8 Å². The van der Waals surface area contributed by atoms with E-state index in [1.807, 2.05) is 47.9 Å². The molecular formula is C15H22N2OS. The number of thioether (sulfide) groups is 1. The highest BCUT2D eigenvalue weighted by molar-refractivity contribution is 8.00. The van der Waals surface area contributed by atoms with E-state index in [0.29, 0.717) is 10.5 Å². The fourth-order valence-corrected chi connectivity index (χ4v) is 3.85. The van der Waals surface area contributed by atoms with E-state index in [1.54, 1.807) is 0 Å². The van der Waals surface area contributed by atoms with Crippen molar-refractivity contribution in [2.24, 2.45) is 0 Å².